The first-order chi connectivity index (χ1) is 13.5. The highest BCUT2D eigenvalue weighted by molar-refractivity contribution is 6.30. The lowest BCUT2D eigenvalue weighted by Crippen LogP contribution is -2.35. The maximum absolute atomic E-state index is 13.1. The molecule has 1 aromatic carbocycles. The van der Waals surface area contributed by atoms with Crippen molar-refractivity contribution in [2.24, 2.45) is 0 Å². The zero-order valence-electron chi connectivity index (χ0n) is 16.2. The highest BCUT2D eigenvalue weighted by Crippen LogP contribution is 2.32. The minimum absolute atomic E-state index is 0.0531. The molecule has 0 unspecified atom stereocenters. The number of likely N-dealkylation sites (N-methyl/N-ethyl adjacent to an activating group) is 1. The number of pyridine rings is 1. The Labute approximate surface area is 169 Å². The second kappa shape index (κ2) is 7.45. The summed E-state index contributed by atoms with van der Waals surface area (Å²) in [4.78, 5) is 21.7. The summed E-state index contributed by atoms with van der Waals surface area (Å²) in [7, 11) is 5.78. The van der Waals surface area contributed by atoms with Crippen LogP contribution in [0.1, 0.15) is 22.0 Å². The molecule has 1 aliphatic heterocycles. The lowest BCUT2D eigenvalue weighted by Gasteiger charge is -2.25. The molecule has 28 heavy (non-hydrogen) atoms. The Balaban J connectivity index is 1.59. The summed E-state index contributed by atoms with van der Waals surface area (Å²) >= 11 is 6.04. The SMILES string of the molecule is COc1ccc([C@@H]2CN(C(=O)c3cn4cc(Cl)ccc4n3)C[C@H]2N(C)C)cc1. The average molecular weight is 399 g/mol. The van der Waals surface area contributed by atoms with Crippen LogP contribution in [0, 0.1) is 0 Å². The normalized spacial score (nSPS) is 19.5. The van der Waals surface area contributed by atoms with E-state index in [1.165, 1.54) is 5.56 Å². The molecule has 0 aliphatic carbocycles. The van der Waals surface area contributed by atoms with Gasteiger partial charge < -0.3 is 18.9 Å². The van der Waals surface area contributed by atoms with Crippen molar-refractivity contribution in [1.29, 1.82) is 0 Å². The summed E-state index contributed by atoms with van der Waals surface area (Å²) in [5, 5.41) is 0.609. The fourth-order valence-electron chi connectivity index (χ4n) is 3.88. The standard InChI is InChI=1S/C21H23ClN4O2/c1-24(2)19-13-26(11-17(19)14-4-7-16(28-3)8-5-14)21(27)18-12-25-10-15(22)6-9-20(25)23-18/h4-10,12,17,19H,11,13H2,1-3H3/t17-,19+/m0/s1. The molecular weight excluding hydrogens is 376 g/mol. The minimum atomic E-state index is -0.0531. The number of nitrogens with zero attached hydrogens (tertiary/aromatic N) is 4. The number of imidazole rings is 1. The fraction of sp³-hybridized carbons (Fsp3) is 0.333. The van der Waals surface area contributed by atoms with E-state index < -0.39 is 0 Å². The van der Waals surface area contributed by atoms with Crippen LogP contribution in [0.5, 0.6) is 5.75 Å². The van der Waals surface area contributed by atoms with Crippen LogP contribution in [0.2, 0.25) is 5.02 Å². The van der Waals surface area contributed by atoms with E-state index in [0.717, 1.165) is 5.75 Å². The number of fused-ring (bicyclic) bond motifs is 1. The Morgan fingerprint density at radius 3 is 2.57 bits per heavy atom. The smallest absolute Gasteiger partial charge is 0.274 e. The van der Waals surface area contributed by atoms with Gasteiger partial charge in [0.15, 0.2) is 0 Å². The molecule has 0 saturated carbocycles. The molecule has 1 saturated heterocycles. The molecule has 0 spiro atoms. The Bertz CT molecular complexity index is 999. The third-order valence-corrected chi connectivity index (χ3v) is 5.64. The van der Waals surface area contributed by atoms with Gasteiger partial charge in [-0.05, 0) is 43.9 Å². The predicted octanol–water partition coefficient (Wildman–Crippen LogP) is 3.17. The van der Waals surface area contributed by atoms with Crippen LogP contribution >= 0.6 is 11.6 Å². The van der Waals surface area contributed by atoms with Crippen LogP contribution in [-0.2, 0) is 0 Å². The molecule has 0 radical (unpaired) electrons. The minimum Gasteiger partial charge on any atom is -0.497 e. The van der Waals surface area contributed by atoms with Gasteiger partial charge >= 0.3 is 0 Å². The monoisotopic (exact) mass is 398 g/mol. The molecule has 0 bridgehead atoms. The van der Waals surface area contributed by atoms with Crippen molar-refractivity contribution < 1.29 is 9.53 Å². The molecule has 1 aliphatic rings. The lowest BCUT2D eigenvalue weighted by molar-refractivity contribution is 0.0777. The molecule has 1 amide bonds. The Morgan fingerprint density at radius 1 is 1.14 bits per heavy atom. The van der Waals surface area contributed by atoms with Gasteiger partial charge in [0.05, 0.1) is 12.1 Å². The quantitative estimate of drug-likeness (QED) is 0.677. The molecule has 2 atom stereocenters. The van der Waals surface area contributed by atoms with E-state index in [9.17, 15) is 4.79 Å². The van der Waals surface area contributed by atoms with E-state index in [-0.39, 0.29) is 17.9 Å². The second-order valence-corrected chi connectivity index (χ2v) is 7.80. The molecule has 2 aromatic heterocycles. The van der Waals surface area contributed by atoms with Crippen LogP contribution < -0.4 is 4.74 Å². The number of carbonyl (C=O) groups is 1. The third kappa shape index (κ3) is 3.45. The van der Waals surface area contributed by atoms with Gasteiger partial charge in [-0.1, -0.05) is 23.7 Å². The predicted molar refractivity (Wildman–Crippen MR) is 109 cm³/mol. The zero-order chi connectivity index (χ0) is 19.8. The molecule has 0 N–H and O–H groups in total. The van der Waals surface area contributed by atoms with E-state index in [1.54, 1.807) is 30.0 Å². The van der Waals surface area contributed by atoms with Crippen LogP contribution in [-0.4, -0.2) is 65.4 Å². The third-order valence-electron chi connectivity index (χ3n) is 5.42. The summed E-state index contributed by atoms with van der Waals surface area (Å²) in [6.45, 7) is 1.32. The number of methoxy groups -OCH3 is 1. The molecule has 4 rings (SSSR count). The van der Waals surface area contributed by atoms with Gasteiger partial charge in [-0.3, -0.25) is 4.79 Å². The first-order valence-corrected chi connectivity index (χ1v) is 9.58. The summed E-state index contributed by atoms with van der Waals surface area (Å²) in [6.07, 6.45) is 3.50. The van der Waals surface area contributed by atoms with Gasteiger partial charge in [-0.2, -0.15) is 0 Å². The number of benzene rings is 1. The van der Waals surface area contributed by atoms with Gasteiger partial charge in [-0.15, -0.1) is 0 Å². The van der Waals surface area contributed by atoms with Crippen LogP contribution in [0.4, 0.5) is 0 Å². The molecule has 3 aromatic rings. The van der Waals surface area contributed by atoms with E-state index >= 15 is 0 Å². The van der Waals surface area contributed by atoms with Gasteiger partial charge in [0, 0.05) is 37.4 Å². The molecule has 1 fully saturated rings. The van der Waals surface area contributed by atoms with E-state index in [2.05, 4.69) is 36.1 Å². The molecular formula is C21H23ClN4O2. The van der Waals surface area contributed by atoms with Crippen molar-refractivity contribution in [1.82, 2.24) is 19.2 Å². The van der Waals surface area contributed by atoms with Gasteiger partial charge in [0.25, 0.3) is 5.91 Å². The van der Waals surface area contributed by atoms with Gasteiger partial charge in [0.1, 0.15) is 17.1 Å². The van der Waals surface area contributed by atoms with Gasteiger partial charge in [0.2, 0.25) is 0 Å². The van der Waals surface area contributed by atoms with E-state index in [1.807, 2.05) is 23.1 Å². The summed E-state index contributed by atoms with van der Waals surface area (Å²) in [6, 6.07) is 11.9. The number of carbonyl (C=O) groups excluding carboxylic acids is 1. The van der Waals surface area contributed by atoms with Crippen LogP contribution in [0.3, 0.4) is 0 Å². The topological polar surface area (TPSA) is 50.1 Å². The van der Waals surface area contributed by atoms with Crippen molar-refractivity contribution in [3.63, 3.8) is 0 Å². The fourth-order valence-corrected chi connectivity index (χ4v) is 4.05. The number of halogens is 1. The largest absolute Gasteiger partial charge is 0.497 e. The Morgan fingerprint density at radius 2 is 1.89 bits per heavy atom. The number of likely N-dealkylation sites (tertiary alicyclic amines) is 1. The van der Waals surface area contributed by atoms with Crippen LogP contribution in [0.25, 0.3) is 5.65 Å². The van der Waals surface area contributed by atoms with Gasteiger partial charge in [-0.25, -0.2) is 4.98 Å². The second-order valence-electron chi connectivity index (χ2n) is 7.36. The van der Waals surface area contributed by atoms with Crippen molar-refractivity contribution in [3.8, 4) is 5.75 Å². The summed E-state index contributed by atoms with van der Waals surface area (Å²) in [5.74, 6) is 1.01. The Kier molecular flexibility index (Phi) is 5.00. The number of aromatic nitrogens is 2. The molecule has 146 valence electrons. The van der Waals surface area contributed by atoms with Crippen molar-refractivity contribution in [2.45, 2.75) is 12.0 Å². The lowest BCUT2D eigenvalue weighted by atomic mass is 9.93. The van der Waals surface area contributed by atoms with Crippen molar-refractivity contribution in [2.75, 3.05) is 34.3 Å². The first kappa shape index (κ1) is 18.8. The van der Waals surface area contributed by atoms with Crippen molar-refractivity contribution >= 4 is 23.2 Å². The number of ether oxygens (including phenoxy) is 1. The number of hydrogen-bond donors (Lipinski definition) is 0. The molecule has 6 nitrogen and oxygen atoms in total. The maximum atomic E-state index is 13.1. The average Bonchev–Trinajstić information content (AvgIpc) is 3.32. The van der Waals surface area contributed by atoms with E-state index in [0.29, 0.717) is 29.5 Å². The summed E-state index contributed by atoms with van der Waals surface area (Å²) < 4.78 is 7.05. The maximum Gasteiger partial charge on any atom is 0.274 e. The molecule has 3 heterocycles. The van der Waals surface area contributed by atoms with Crippen molar-refractivity contribution in [3.05, 3.63) is 65.1 Å². The van der Waals surface area contributed by atoms with Crippen LogP contribution in [0.15, 0.2) is 48.8 Å². The highest BCUT2D eigenvalue weighted by atomic mass is 35.5. The number of rotatable bonds is 4. The zero-order valence-corrected chi connectivity index (χ0v) is 16.9. The number of amides is 1. The molecule has 7 heteroatoms. The number of hydrogen-bond acceptors (Lipinski definition) is 4. The first-order valence-electron chi connectivity index (χ1n) is 9.20. The highest BCUT2D eigenvalue weighted by Gasteiger charge is 2.38. The Hall–Kier alpha value is -2.57. The van der Waals surface area contributed by atoms with E-state index in [4.69, 9.17) is 16.3 Å². The summed E-state index contributed by atoms with van der Waals surface area (Å²) in [5.41, 5.74) is 2.36.